The van der Waals surface area contributed by atoms with Crippen molar-refractivity contribution in [3.05, 3.63) is 53.9 Å². The fourth-order valence-electron chi connectivity index (χ4n) is 1.99. The molecule has 3 aromatic rings. The van der Waals surface area contributed by atoms with Crippen LogP contribution in [0.25, 0.3) is 11.0 Å². The van der Waals surface area contributed by atoms with E-state index in [4.69, 9.17) is 4.52 Å². The summed E-state index contributed by atoms with van der Waals surface area (Å²) in [6.07, 6.45) is 1.61. The third kappa shape index (κ3) is 3.00. The zero-order valence-corrected chi connectivity index (χ0v) is 11.5. The highest BCUT2D eigenvalue weighted by atomic mass is 16.5. The maximum absolute atomic E-state index is 11.8. The van der Waals surface area contributed by atoms with Gasteiger partial charge in [-0.15, -0.1) is 0 Å². The number of aryl methyl sites for hydroxylation is 1. The maximum Gasteiger partial charge on any atom is 0.320 e. The van der Waals surface area contributed by atoms with Crippen LogP contribution in [-0.4, -0.2) is 16.2 Å². The van der Waals surface area contributed by atoms with Crippen LogP contribution < -0.4 is 10.6 Å². The van der Waals surface area contributed by atoms with Crippen LogP contribution in [0.1, 0.15) is 11.3 Å². The lowest BCUT2D eigenvalue weighted by atomic mass is 10.1. The predicted molar refractivity (Wildman–Crippen MR) is 78.8 cm³/mol. The number of carbonyl (C=O) groups is 1. The van der Waals surface area contributed by atoms with Gasteiger partial charge in [-0.1, -0.05) is 22.9 Å². The lowest BCUT2D eigenvalue weighted by Crippen LogP contribution is -2.28. The summed E-state index contributed by atoms with van der Waals surface area (Å²) in [4.78, 5) is 15.8. The van der Waals surface area contributed by atoms with E-state index in [2.05, 4.69) is 20.8 Å². The third-order valence-electron chi connectivity index (χ3n) is 3.02. The maximum atomic E-state index is 11.8. The van der Waals surface area contributed by atoms with E-state index in [-0.39, 0.29) is 12.6 Å². The molecule has 0 spiro atoms. The van der Waals surface area contributed by atoms with Gasteiger partial charge in [0.25, 0.3) is 0 Å². The Bertz CT molecular complexity index is 768. The van der Waals surface area contributed by atoms with Crippen molar-refractivity contribution < 1.29 is 9.32 Å². The molecule has 2 N–H and O–H groups in total. The van der Waals surface area contributed by atoms with Crippen molar-refractivity contribution in [1.82, 2.24) is 15.5 Å². The summed E-state index contributed by atoms with van der Waals surface area (Å²) >= 11 is 0. The van der Waals surface area contributed by atoms with Crippen molar-refractivity contribution >= 4 is 22.8 Å². The third-order valence-corrected chi connectivity index (χ3v) is 3.02. The highest BCUT2D eigenvalue weighted by molar-refractivity contribution is 5.88. The van der Waals surface area contributed by atoms with Gasteiger partial charge in [-0.2, -0.15) is 0 Å². The van der Waals surface area contributed by atoms with Gasteiger partial charge in [0.1, 0.15) is 11.5 Å². The molecular formula is C15H14N4O2. The summed E-state index contributed by atoms with van der Waals surface area (Å²) in [6.45, 7) is 2.28. The molecule has 21 heavy (non-hydrogen) atoms. The molecule has 2 aromatic heterocycles. The molecular weight excluding hydrogens is 268 g/mol. The lowest BCUT2D eigenvalue weighted by molar-refractivity contribution is 0.251. The quantitative estimate of drug-likeness (QED) is 0.774. The Morgan fingerprint density at radius 1 is 1.29 bits per heavy atom. The summed E-state index contributed by atoms with van der Waals surface area (Å²) in [5, 5.41) is 10.3. The van der Waals surface area contributed by atoms with Gasteiger partial charge in [-0.3, -0.25) is 5.32 Å². The summed E-state index contributed by atoms with van der Waals surface area (Å²) in [6, 6.07) is 10.8. The standard InChI is InChI=1S/C15H14N4O2/c1-10-5-6-13-11(8-10)12(19-21-13)9-17-15(20)18-14-4-2-3-7-16-14/h2-8H,9H2,1H3,(H2,16,17,18,20). The van der Waals surface area contributed by atoms with E-state index in [0.29, 0.717) is 17.1 Å². The lowest BCUT2D eigenvalue weighted by Gasteiger charge is -2.05. The van der Waals surface area contributed by atoms with Crippen LogP contribution in [0.3, 0.4) is 0 Å². The topological polar surface area (TPSA) is 80.0 Å². The SMILES string of the molecule is Cc1ccc2onc(CNC(=O)Nc3ccccn3)c2c1. The number of amides is 2. The van der Waals surface area contributed by atoms with E-state index in [0.717, 1.165) is 10.9 Å². The smallest absolute Gasteiger partial charge is 0.320 e. The number of nitrogens with one attached hydrogen (secondary N) is 2. The van der Waals surface area contributed by atoms with E-state index in [9.17, 15) is 4.79 Å². The van der Waals surface area contributed by atoms with Crippen molar-refractivity contribution in [2.45, 2.75) is 13.5 Å². The van der Waals surface area contributed by atoms with Gasteiger partial charge >= 0.3 is 6.03 Å². The fourth-order valence-corrected chi connectivity index (χ4v) is 1.99. The first-order valence-corrected chi connectivity index (χ1v) is 6.53. The van der Waals surface area contributed by atoms with Crippen LogP contribution in [-0.2, 0) is 6.54 Å². The number of urea groups is 1. The summed E-state index contributed by atoms with van der Waals surface area (Å²) in [5.41, 5.74) is 2.53. The first-order valence-electron chi connectivity index (χ1n) is 6.53. The average Bonchev–Trinajstić information content (AvgIpc) is 2.88. The summed E-state index contributed by atoms with van der Waals surface area (Å²) < 4.78 is 5.22. The van der Waals surface area contributed by atoms with Crippen molar-refractivity contribution in [3.8, 4) is 0 Å². The highest BCUT2D eigenvalue weighted by Crippen LogP contribution is 2.19. The van der Waals surface area contributed by atoms with Gasteiger partial charge in [0.05, 0.1) is 6.54 Å². The molecule has 0 radical (unpaired) electrons. The second-order valence-corrected chi connectivity index (χ2v) is 4.65. The minimum absolute atomic E-state index is 0.287. The molecule has 2 amide bonds. The van der Waals surface area contributed by atoms with Gasteiger partial charge in [0.2, 0.25) is 0 Å². The second kappa shape index (κ2) is 5.62. The molecule has 106 valence electrons. The van der Waals surface area contributed by atoms with E-state index < -0.39 is 0 Å². The van der Waals surface area contributed by atoms with Crippen molar-refractivity contribution in [3.63, 3.8) is 0 Å². The number of aromatic nitrogens is 2. The first-order chi connectivity index (χ1) is 10.2. The Morgan fingerprint density at radius 3 is 3.00 bits per heavy atom. The summed E-state index contributed by atoms with van der Waals surface area (Å²) in [5.74, 6) is 0.496. The number of hydrogen-bond donors (Lipinski definition) is 2. The monoisotopic (exact) mass is 282 g/mol. The van der Waals surface area contributed by atoms with Crippen molar-refractivity contribution in [1.29, 1.82) is 0 Å². The van der Waals surface area contributed by atoms with Crippen molar-refractivity contribution in [2.75, 3.05) is 5.32 Å². The summed E-state index contributed by atoms with van der Waals surface area (Å²) in [7, 11) is 0. The number of rotatable bonds is 3. The Morgan fingerprint density at radius 2 is 2.19 bits per heavy atom. The molecule has 0 aliphatic rings. The van der Waals surface area contributed by atoms with Crippen molar-refractivity contribution in [2.24, 2.45) is 0 Å². The van der Waals surface area contributed by atoms with Crippen LogP contribution in [0.4, 0.5) is 10.6 Å². The van der Waals surface area contributed by atoms with Crippen LogP contribution in [0, 0.1) is 6.92 Å². The molecule has 0 saturated heterocycles. The Kier molecular flexibility index (Phi) is 3.51. The van der Waals surface area contributed by atoms with Gasteiger partial charge in [-0.05, 0) is 31.2 Å². The van der Waals surface area contributed by atoms with E-state index in [1.165, 1.54) is 0 Å². The van der Waals surface area contributed by atoms with Crippen LogP contribution >= 0.6 is 0 Å². The molecule has 3 rings (SSSR count). The minimum atomic E-state index is -0.336. The number of anilines is 1. The minimum Gasteiger partial charge on any atom is -0.356 e. The average molecular weight is 282 g/mol. The normalized spacial score (nSPS) is 10.5. The molecule has 0 bridgehead atoms. The highest BCUT2D eigenvalue weighted by Gasteiger charge is 2.09. The van der Waals surface area contributed by atoms with Gasteiger partial charge in [-0.25, -0.2) is 9.78 Å². The Hall–Kier alpha value is -2.89. The Labute approximate surface area is 121 Å². The molecule has 6 nitrogen and oxygen atoms in total. The molecule has 1 aromatic carbocycles. The predicted octanol–water partition coefficient (Wildman–Crippen LogP) is 2.85. The second-order valence-electron chi connectivity index (χ2n) is 4.65. The first kappa shape index (κ1) is 13.1. The van der Waals surface area contributed by atoms with Crippen LogP contribution in [0.5, 0.6) is 0 Å². The zero-order chi connectivity index (χ0) is 14.7. The fraction of sp³-hybridized carbons (Fsp3) is 0.133. The molecule has 0 fully saturated rings. The number of fused-ring (bicyclic) bond motifs is 1. The van der Waals surface area contributed by atoms with Gasteiger partial charge < -0.3 is 9.84 Å². The number of hydrogen-bond acceptors (Lipinski definition) is 4. The van der Waals surface area contributed by atoms with E-state index in [1.807, 2.05) is 25.1 Å². The Balaban J connectivity index is 1.66. The van der Waals surface area contributed by atoms with Gasteiger partial charge in [0.15, 0.2) is 5.58 Å². The van der Waals surface area contributed by atoms with Crippen LogP contribution in [0.2, 0.25) is 0 Å². The van der Waals surface area contributed by atoms with Gasteiger partial charge in [0, 0.05) is 11.6 Å². The molecule has 0 aliphatic carbocycles. The van der Waals surface area contributed by atoms with Crippen LogP contribution in [0.15, 0.2) is 47.1 Å². The molecule has 0 atom stereocenters. The molecule has 0 unspecified atom stereocenters. The number of pyridine rings is 1. The number of carbonyl (C=O) groups excluding carboxylic acids is 1. The largest absolute Gasteiger partial charge is 0.356 e. The molecule has 6 heteroatoms. The van der Waals surface area contributed by atoms with E-state index in [1.54, 1.807) is 24.4 Å². The molecule has 2 heterocycles. The number of nitrogens with zero attached hydrogens (tertiary/aromatic N) is 2. The molecule has 0 aliphatic heterocycles. The molecule has 0 saturated carbocycles. The zero-order valence-electron chi connectivity index (χ0n) is 11.5. The van der Waals surface area contributed by atoms with E-state index >= 15 is 0 Å². The number of benzene rings is 1.